The van der Waals surface area contributed by atoms with Gasteiger partial charge in [-0.1, -0.05) is 25.5 Å². The summed E-state index contributed by atoms with van der Waals surface area (Å²) in [4.78, 5) is 0. The predicted molar refractivity (Wildman–Crippen MR) is 57.4 cm³/mol. The van der Waals surface area contributed by atoms with E-state index >= 15 is 0 Å². The van der Waals surface area contributed by atoms with Crippen LogP contribution < -0.4 is 4.74 Å². The van der Waals surface area contributed by atoms with Crippen molar-refractivity contribution in [3.63, 3.8) is 0 Å². The number of aliphatic hydroxyl groups excluding tert-OH is 1. The smallest absolute Gasteiger partial charge is 0.166 e. The Bertz CT molecular complexity index is 344. The molecule has 1 unspecified atom stereocenters. The molecule has 0 radical (unpaired) electrons. The van der Waals surface area contributed by atoms with Crippen molar-refractivity contribution in [2.45, 2.75) is 25.9 Å². The molecule has 0 saturated carbocycles. The predicted octanol–water partition coefficient (Wildman–Crippen LogP) is 2.42. The van der Waals surface area contributed by atoms with Crippen molar-refractivity contribution >= 4 is 0 Å². The summed E-state index contributed by atoms with van der Waals surface area (Å²) in [5, 5.41) is 17.9. The fraction of sp³-hybridized carbons (Fsp3) is 0.417. The Morgan fingerprint density at radius 3 is 3.00 bits per heavy atom. The Balaban J connectivity index is 2.62. The van der Waals surface area contributed by atoms with Crippen molar-refractivity contribution in [2.24, 2.45) is 0 Å². The summed E-state index contributed by atoms with van der Waals surface area (Å²) in [6.07, 6.45) is 1.02. The van der Waals surface area contributed by atoms with E-state index in [1.165, 1.54) is 0 Å². The van der Waals surface area contributed by atoms with E-state index in [1.807, 2.05) is 6.07 Å². The minimum Gasteiger partial charge on any atom is -0.494 e. The molecule has 0 amide bonds. The number of hydrogen-bond acceptors (Lipinski definition) is 3. The van der Waals surface area contributed by atoms with Gasteiger partial charge < -0.3 is 9.84 Å². The van der Waals surface area contributed by atoms with Crippen LogP contribution in [0.3, 0.4) is 0 Å². The minimum atomic E-state index is -1.07. The lowest BCUT2D eigenvalue weighted by molar-refractivity contribution is 0.234. The quantitative estimate of drug-likeness (QED) is 0.593. The molecule has 0 aliphatic carbocycles. The summed E-state index contributed by atoms with van der Waals surface area (Å²) in [7, 11) is 0. The largest absolute Gasteiger partial charge is 0.494 e. The van der Waals surface area contributed by atoms with Gasteiger partial charge in [0.25, 0.3) is 0 Å². The number of nitrogens with zero attached hydrogens (tertiary/aromatic N) is 1. The molecule has 0 aliphatic heterocycles. The maximum atomic E-state index is 9.31. The van der Waals surface area contributed by atoms with Crippen LogP contribution in [-0.4, -0.2) is 11.7 Å². The molecule has 0 aromatic heterocycles. The SMILES string of the molecule is CCCCOc1cccc(C(O)C#N)c1. The zero-order chi connectivity index (χ0) is 11.1. The van der Waals surface area contributed by atoms with Crippen molar-refractivity contribution in [3.8, 4) is 11.8 Å². The molecule has 0 spiro atoms. The third kappa shape index (κ3) is 3.61. The zero-order valence-corrected chi connectivity index (χ0v) is 8.81. The minimum absolute atomic E-state index is 0.575. The van der Waals surface area contributed by atoms with Crippen molar-refractivity contribution in [1.29, 1.82) is 5.26 Å². The number of hydrogen-bond donors (Lipinski definition) is 1. The first-order valence-electron chi connectivity index (χ1n) is 5.08. The van der Waals surface area contributed by atoms with Crippen LogP contribution in [0.15, 0.2) is 24.3 Å². The second kappa shape index (κ2) is 6.05. The van der Waals surface area contributed by atoms with E-state index < -0.39 is 6.10 Å². The summed E-state index contributed by atoms with van der Waals surface area (Å²) >= 11 is 0. The highest BCUT2D eigenvalue weighted by Crippen LogP contribution is 2.18. The second-order valence-corrected chi connectivity index (χ2v) is 3.31. The lowest BCUT2D eigenvalue weighted by Gasteiger charge is -2.07. The van der Waals surface area contributed by atoms with Crippen molar-refractivity contribution in [2.75, 3.05) is 6.61 Å². The summed E-state index contributed by atoms with van der Waals surface area (Å²) in [6.45, 7) is 2.77. The van der Waals surface area contributed by atoms with E-state index in [2.05, 4.69) is 6.92 Å². The van der Waals surface area contributed by atoms with Gasteiger partial charge in [-0.3, -0.25) is 0 Å². The first kappa shape index (κ1) is 11.5. The number of aliphatic hydroxyl groups is 1. The van der Waals surface area contributed by atoms with Crippen LogP contribution >= 0.6 is 0 Å². The van der Waals surface area contributed by atoms with Crippen molar-refractivity contribution < 1.29 is 9.84 Å². The first-order valence-corrected chi connectivity index (χ1v) is 5.08. The molecule has 1 aromatic rings. The van der Waals surface area contributed by atoms with Crippen LogP contribution in [-0.2, 0) is 0 Å². The van der Waals surface area contributed by atoms with E-state index in [0.29, 0.717) is 17.9 Å². The standard InChI is InChI=1S/C12H15NO2/c1-2-3-7-15-11-6-4-5-10(8-11)12(14)9-13/h4-6,8,12,14H,2-3,7H2,1H3. The summed E-state index contributed by atoms with van der Waals surface area (Å²) in [6, 6.07) is 8.78. The van der Waals surface area contributed by atoms with Crippen molar-refractivity contribution in [1.82, 2.24) is 0 Å². The fourth-order valence-corrected chi connectivity index (χ4v) is 1.18. The van der Waals surface area contributed by atoms with Gasteiger partial charge in [-0.05, 0) is 24.1 Å². The molecule has 15 heavy (non-hydrogen) atoms. The van der Waals surface area contributed by atoms with Gasteiger partial charge in [-0.15, -0.1) is 0 Å². The monoisotopic (exact) mass is 205 g/mol. The Morgan fingerprint density at radius 1 is 1.53 bits per heavy atom. The van der Waals surface area contributed by atoms with E-state index in [1.54, 1.807) is 24.3 Å². The highest BCUT2D eigenvalue weighted by molar-refractivity contribution is 5.31. The maximum absolute atomic E-state index is 9.31. The average molecular weight is 205 g/mol. The van der Waals surface area contributed by atoms with Gasteiger partial charge in [0.2, 0.25) is 0 Å². The lowest BCUT2D eigenvalue weighted by atomic mass is 10.1. The maximum Gasteiger partial charge on any atom is 0.166 e. The molecule has 80 valence electrons. The molecule has 1 N–H and O–H groups in total. The van der Waals surface area contributed by atoms with Gasteiger partial charge in [-0.25, -0.2) is 0 Å². The topological polar surface area (TPSA) is 53.2 Å². The van der Waals surface area contributed by atoms with Crippen LogP contribution in [0.1, 0.15) is 31.4 Å². The molecule has 1 aromatic carbocycles. The van der Waals surface area contributed by atoms with Gasteiger partial charge in [-0.2, -0.15) is 5.26 Å². The first-order chi connectivity index (χ1) is 7.27. The molecule has 1 rings (SSSR count). The summed E-state index contributed by atoms with van der Waals surface area (Å²) in [5.41, 5.74) is 0.575. The van der Waals surface area contributed by atoms with Crippen LogP contribution in [0.4, 0.5) is 0 Å². The van der Waals surface area contributed by atoms with E-state index in [0.717, 1.165) is 12.8 Å². The van der Waals surface area contributed by atoms with Gasteiger partial charge in [0.1, 0.15) is 5.75 Å². The molecule has 3 heteroatoms. The van der Waals surface area contributed by atoms with Crippen molar-refractivity contribution in [3.05, 3.63) is 29.8 Å². The number of ether oxygens (including phenoxy) is 1. The third-order valence-corrected chi connectivity index (χ3v) is 2.06. The number of unbranched alkanes of at least 4 members (excludes halogenated alkanes) is 1. The number of rotatable bonds is 5. The Hall–Kier alpha value is -1.53. The molecule has 0 saturated heterocycles. The normalized spacial score (nSPS) is 11.8. The van der Waals surface area contributed by atoms with Crippen LogP contribution in [0, 0.1) is 11.3 Å². The number of nitriles is 1. The lowest BCUT2D eigenvalue weighted by Crippen LogP contribution is -1.98. The molecule has 0 fully saturated rings. The highest BCUT2D eigenvalue weighted by Gasteiger charge is 2.05. The molecule has 1 atom stereocenters. The summed E-state index contributed by atoms with van der Waals surface area (Å²) < 4.78 is 5.46. The summed E-state index contributed by atoms with van der Waals surface area (Å²) in [5.74, 6) is 0.704. The molecular formula is C12H15NO2. The van der Waals surface area contributed by atoms with E-state index in [9.17, 15) is 5.11 Å². The van der Waals surface area contributed by atoms with Gasteiger partial charge in [0.15, 0.2) is 6.10 Å². The molecule has 3 nitrogen and oxygen atoms in total. The molecule has 0 heterocycles. The van der Waals surface area contributed by atoms with Crippen LogP contribution in [0.5, 0.6) is 5.75 Å². The highest BCUT2D eigenvalue weighted by atomic mass is 16.5. The molecular weight excluding hydrogens is 190 g/mol. The Kier molecular flexibility index (Phi) is 4.65. The van der Waals surface area contributed by atoms with Gasteiger partial charge in [0.05, 0.1) is 12.7 Å². The second-order valence-electron chi connectivity index (χ2n) is 3.31. The van der Waals surface area contributed by atoms with Crippen LogP contribution in [0.2, 0.25) is 0 Å². The molecule has 0 bridgehead atoms. The van der Waals surface area contributed by atoms with Gasteiger partial charge in [0, 0.05) is 0 Å². The van der Waals surface area contributed by atoms with Crippen LogP contribution in [0.25, 0.3) is 0 Å². The Morgan fingerprint density at radius 2 is 2.33 bits per heavy atom. The third-order valence-electron chi connectivity index (χ3n) is 2.06. The molecule has 0 aliphatic rings. The van der Waals surface area contributed by atoms with E-state index in [4.69, 9.17) is 10.00 Å². The van der Waals surface area contributed by atoms with E-state index in [-0.39, 0.29) is 0 Å². The fourth-order valence-electron chi connectivity index (χ4n) is 1.18. The Labute approximate surface area is 89.9 Å². The van der Waals surface area contributed by atoms with Gasteiger partial charge >= 0.3 is 0 Å². The zero-order valence-electron chi connectivity index (χ0n) is 8.81. The number of benzene rings is 1. The average Bonchev–Trinajstić information content (AvgIpc) is 2.29.